The van der Waals surface area contributed by atoms with Gasteiger partial charge in [0.2, 0.25) is 0 Å². The summed E-state index contributed by atoms with van der Waals surface area (Å²) in [5, 5.41) is 3.10. The number of nitrogens with two attached hydrogens (primary N) is 1. The molecule has 0 spiro atoms. The number of halogens is 1. The van der Waals surface area contributed by atoms with Crippen molar-refractivity contribution in [2.24, 2.45) is 11.7 Å². The number of unbranched alkanes of at least 4 members (excludes halogenated alkanes) is 1. The highest BCUT2D eigenvalue weighted by Crippen LogP contribution is 2.34. The first-order valence-electron chi connectivity index (χ1n) is 7.61. The fourth-order valence-corrected chi connectivity index (χ4v) is 3.16. The Morgan fingerprint density at radius 2 is 1.75 bits per heavy atom. The van der Waals surface area contributed by atoms with Gasteiger partial charge in [0, 0.05) is 16.5 Å². The summed E-state index contributed by atoms with van der Waals surface area (Å²) in [6, 6.07) is 12.5. The summed E-state index contributed by atoms with van der Waals surface area (Å²) < 4.78 is 0. The highest BCUT2D eigenvalue weighted by molar-refractivity contribution is 6.35. The minimum atomic E-state index is 0.0914. The minimum absolute atomic E-state index is 0.0914. The molecular formula is C18H24ClN. The van der Waals surface area contributed by atoms with Crippen LogP contribution in [0.3, 0.4) is 0 Å². The molecule has 0 aromatic heterocycles. The molecule has 1 nitrogen and oxygen atoms in total. The predicted octanol–water partition coefficient (Wildman–Crippen LogP) is 5.71. The van der Waals surface area contributed by atoms with Gasteiger partial charge in [-0.25, -0.2) is 0 Å². The van der Waals surface area contributed by atoms with Gasteiger partial charge in [-0.1, -0.05) is 75.0 Å². The SMILES string of the molecule is CCCCC(CC)C(N)c1ccc(Cl)c2ccccc12. The van der Waals surface area contributed by atoms with Crippen LogP contribution < -0.4 is 5.73 Å². The molecule has 2 aromatic rings. The second kappa shape index (κ2) is 7.10. The molecule has 0 saturated heterocycles. The second-order valence-corrected chi connectivity index (χ2v) is 5.93. The molecule has 0 aliphatic heterocycles. The molecule has 0 saturated carbocycles. The Hall–Kier alpha value is -1.05. The van der Waals surface area contributed by atoms with Gasteiger partial charge in [-0.2, -0.15) is 0 Å². The van der Waals surface area contributed by atoms with E-state index in [9.17, 15) is 0 Å². The molecule has 2 atom stereocenters. The van der Waals surface area contributed by atoms with Crippen LogP contribution in [0.25, 0.3) is 10.8 Å². The van der Waals surface area contributed by atoms with Crippen molar-refractivity contribution in [3.63, 3.8) is 0 Å². The summed E-state index contributed by atoms with van der Waals surface area (Å²) >= 11 is 6.29. The van der Waals surface area contributed by atoms with Gasteiger partial charge in [-0.3, -0.25) is 0 Å². The Labute approximate surface area is 127 Å². The van der Waals surface area contributed by atoms with Crippen LogP contribution in [0, 0.1) is 5.92 Å². The summed E-state index contributed by atoms with van der Waals surface area (Å²) in [4.78, 5) is 0. The summed E-state index contributed by atoms with van der Waals surface area (Å²) in [5.41, 5.74) is 7.79. The fourth-order valence-electron chi connectivity index (χ4n) is 2.93. The molecule has 0 bridgehead atoms. The highest BCUT2D eigenvalue weighted by Gasteiger charge is 2.19. The fraction of sp³-hybridized carbons (Fsp3) is 0.444. The third kappa shape index (κ3) is 3.16. The van der Waals surface area contributed by atoms with Crippen LogP contribution in [0.5, 0.6) is 0 Å². The molecule has 0 heterocycles. The standard InChI is InChI=1S/C18H24ClN/c1-3-5-8-13(4-2)18(20)16-11-12-17(19)15-10-7-6-9-14(15)16/h6-7,9-13,18H,3-5,8,20H2,1-2H3. The highest BCUT2D eigenvalue weighted by atomic mass is 35.5. The zero-order valence-corrected chi connectivity index (χ0v) is 13.2. The van der Waals surface area contributed by atoms with Gasteiger partial charge in [0.25, 0.3) is 0 Å². The molecule has 0 amide bonds. The largest absolute Gasteiger partial charge is 0.324 e. The lowest BCUT2D eigenvalue weighted by Gasteiger charge is -2.24. The molecule has 2 aromatic carbocycles. The van der Waals surface area contributed by atoms with Crippen LogP contribution in [0.1, 0.15) is 51.1 Å². The van der Waals surface area contributed by atoms with Crippen molar-refractivity contribution in [3.05, 3.63) is 47.0 Å². The van der Waals surface area contributed by atoms with Crippen LogP contribution in [0.15, 0.2) is 36.4 Å². The van der Waals surface area contributed by atoms with Crippen molar-refractivity contribution in [1.82, 2.24) is 0 Å². The second-order valence-electron chi connectivity index (χ2n) is 5.52. The van der Waals surface area contributed by atoms with Crippen LogP contribution in [0.4, 0.5) is 0 Å². The van der Waals surface area contributed by atoms with Gasteiger partial charge < -0.3 is 5.73 Å². The summed E-state index contributed by atoms with van der Waals surface area (Å²) in [6.07, 6.45) is 4.80. The van der Waals surface area contributed by atoms with Gasteiger partial charge in [-0.05, 0) is 29.4 Å². The molecule has 108 valence electrons. The van der Waals surface area contributed by atoms with E-state index in [-0.39, 0.29) is 6.04 Å². The molecule has 2 rings (SSSR count). The maximum absolute atomic E-state index is 6.56. The number of hydrogen-bond acceptors (Lipinski definition) is 1. The summed E-state index contributed by atoms with van der Waals surface area (Å²) in [6.45, 7) is 4.47. The lowest BCUT2D eigenvalue weighted by Crippen LogP contribution is -2.21. The third-order valence-electron chi connectivity index (χ3n) is 4.22. The van der Waals surface area contributed by atoms with Crippen LogP contribution in [0.2, 0.25) is 5.02 Å². The van der Waals surface area contributed by atoms with E-state index in [1.807, 2.05) is 12.1 Å². The van der Waals surface area contributed by atoms with E-state index in [4.69, 9.17) is 17.3 Å². The molecule has 2 heteroatoms. The molecule has 0 radical (unpaired) electrons. The van der Waals surface area contributed by atoms with Crippen LogP contribution in [-0.2, 0) is 0 Å². The number of rotatable bonds is 6. The third-order valence-corrected chi connectivity index (χ3v) is 4.55. The van der Waals surface area contributed by atoms with Gasteiger partial charge in [0.05, 0.1) is 0 Å². The molecule has 2 unspecified atom stereocenters. The van der Waals surface area contributed by atoms with E-state index >= 15 is 0 Å². The Morgan fingerprint density at radius 1 is 1.05 bits per heavy atom. The maximum atomic E-state index is 6.56. The Balaban J connectivity index is 2.38. The van der Waals surface area contributed by atoms with Crippen molar-refractivity contribution in [2.45, 2.75) is 45.6 Å². The Morgan fingerprint density at radius 3 is 2.40 bits per heavy atom. The quantitative estimate of drug-likeness (QED) is 0.724. The number of fused-ring (bicyclic) bond motifs is 1. The minimum Gasteiger partial charge on any atom is -0.324 e. The van der Waals surface area contributed by atoms with Crippen molar-refractivity contribution < 1.29 is 0 Å². The molecule has 0 aliphatic rings. The molecule has 20 heavy (non-hydrogen) atoms. The van der Waals surface area contributed by atoms with E-state index in [0.717, 1.165) is 16.8 Å². The molecule has 0 aliphatic carbocycles. The van der Waals surface area contributed by atoms with Crippen LogP contribution in [-0.4, -0.2) is 0 Å². The van der Waals surface area contributed by atoms with Gasteiger partial charge >= 0.3 is 0 Å². The van der Waals surface area contributed by atoms with Gasteiger partial charge in [0.15, 0.2) is 0 Å². The summed E-state index contributed by atoms with van der Waals surface area (Å²) in [5.74, 6) is 0.541. The monoisotopic (exact) mass is 289 g/mol. The van der Waals surface area contributed by atoms with E-state index < -0.39 is 0 Å². The van der Waals surface area contributed by atoms with Crippen molar-refractivity contribution in [2.75, 3.05) is 0 Å². The predicted molar refractivity (Wildman–Crippen MR) is 89.2 cm³/mol. The first kappa shape index (κ1) is 15.3. The van der Waals surface area contributed by atoms with E-state index in [2.05, 4.69) is 38.1 Å². The average Bonchev–Trinajstić information content (AvgIpc) is 2.48. The average molecular weight is 290 g/mol. The molecule has 0 fully saturated rings. The van der Waals surface area contributed by atoms with Gasteiger partial charge in [-0.15, -0.1) is 0 Å². The summed E-state index contributed by atoms with van der Waals surface area (Å²) in [7, 11) is 0. The first-order chi connectivity index (χ1) is 9.69. The molecular weight excluding hydrogens is 266 g/mol. The zero-order chi connectivity index (χ0) is 14.5. The Bertz CT molecular complexity index is 564. The maximum Gasteiger partial charge on any atom is 0.0484 e. The number of hydrogen-bond donors (Lipinski definition) is 1. The van der Waals surface area contributed by atoms with E-state index in [1.54, 1.807) is 0 Å². The zero-order valence-electron chi connectivity index (χ0n) is 12.4. The Kier molecular flexibility index (Phi) is 5.45. The van der Waals surface area contributed by atoms with E-state index in [1.165, 1.54) is 30.2 Å². The van der Waals surface area contributed by atoms with Crippen LogP contribution >= 0.6 is 11.6 Å². The normalized spacial score (nSPS) is 14.4. The lowest BCUT2D eigenvalue weighted by atomic mass is 9.85. The van der Waals surface area contributed by atoms with E-state index in [0.29, 0.717) is 5.92 Å². The van der Waals surface area contributed by atoms with Crippen molar-refractivity contribution in [1.29, 1.82) is 0 Å². The lowest BCUT2D eigenvalue weighted by molar-refractivity contribution is 0.380. The molecule has 2 N–H and O–H groups in total. The smallest absolute Gasteiger partial charge is 0.0484 e. The number of benzene rings is 2. The van der Waals surface area contributed by atoms with Crippen molar-refractivity contribution in [3.8, 4) is 0 Å². The first-order valence-corrected chi connectivity index (χ1v) is 7.99. The van der Waals surface area contributed by atoms with Crippen molar-refractivity contribution >= 4 is 22.4 Å². The topological polar surface area (TPSA) is 26.0 Å². The van der Waals surface area contributed by atoms with Gasteiger partial charge in [0.1, 0.15) is 0 Å².